The monoisotopic (exact) mass is 269 g/mol. The van der Waals surface area contributed by atoms with Crippen LogP contribution in [0.15, 0.2) is 18.2 Å². The number of imidazole rings is 1. The maximum atomic E-state index is 9.15. The molecule has 0 aliphatic carbocycles. The molecular weight excluding hydrogens is 258 g/mol. The van der Waals surface area contributed by atoms with Crippen LogP contribution < -0.4 is 0 Å². The van der Waals surface area contributed by atoms with E-state index in [1.165, 1.54) is 11.5 Å². The number of rotatable bonds is 2. The third kappa shape index (κ3) is 1.71. The van der Waals surface area contributed by atoms with E-state index in [1.807, 2.05) is 30.7 Å². The smallest absolute Gasteiger partial charge is 0.154 e. The van der Waals surface area contributed by atoms with E-state index in [9.17, 15) is 0 Å². The van der Waals surface area contributed by atoms with E-state index in [0.717, 1.165) is 33.8 Å². The summed E-state index contributed by atoms with van der Waals surface area (Å²) >= 11 is 1.34. The van der Waals surface area contributed by atoms with Crippen molar-refractivity contribution in [3.05, 3.63) is 29.5 Å². The van der Waals surface area contributed by atoms with E-state index in [1.54, 1.807) is 6.07 Å². The van der Waals surface area contributed by atoms with Gasteiger partial charge in [0.1, 0.15) is 16.5 Å². The Morgan fingerprint density at radius 2 is 2.26 bits per heavy atom. The van der Waals surface area contributed by atoms with Gasteiger partial charge in [-0.2, -0.15) is 5.26 Å². The molecule has 2 heterocycles. The first-order valence-electron chi connectivity index (χ1n) is 5.93. The molecule has 0 saturated carbocycles. The number of fused-ring (bicyclic) bond motifs is 1. The van der Waals surface area contributed by atoms with Gasteiger partial charge in [-0.05, 0) is 30.1 Å². The summed E-state index contributed by atoms with van der Waals surface area (Å²) in [6.07, 6.45) is 0.820. The number of nitrogens with zero attached hydrogens (tertiary/aromatic N) is 5. The Balaban J connectivity index is 2.32. The minimum atomic E-state index is 0.592. The van der Waals surface area contributed by atoms with Crippen LogP contribution in [0.3, 0.4) is 0 Å². The summed E-state index contributed by atoms with van der Waals surface area (Å²) in [5, 5.41) is 13.3. The minimum Gasteiger partial charge on any atom is -0.326 e. The van der Waals surface area contributed by atoms with Crippen molar-refractivity contribution >= 4 is 22.6 Å². The van der Waals surface area contributed by atoms with Gasteiger partial charge in [0.15, 0.2) is 5.82 Å². The molecule has 0 bridgehead atoms. The van der Waals surface area contributed by atoms with Crippen molar-refractivity contribution in [2.75, 3.05) is 0 Å². The summed E-state index contributed by atoms with van der Waals surface area (Å²) in [7, 11) is 1.95. The van der Waals surface area contributed by atoms with E-state index in [4.69, 9.17) is 5.26 Å². The average molecular weight is 269 g/mol. The van der Waals surface area contributed by atoms with Crippen molar-refractivity contribution in [1.29, 1.82) is 5.26 Å². The molecule has 6 heteroatoms. The molecule has 0 amide bonds. The molecule has 1 aromatic carbocycles. The number of para-hydroxylation sites is 1. The van der Waals surface area contributed by atoms with Crippen molar-refractivity contribution in [2.45, 2.75) is 13.3 Å². The summed E-state index contributed by atoms with van der Waals surface area (Å²) < 4.78 is 5.99. The normalized spacial score (nSPS) is 10.8. The molecule has 19 heavy (non-hydrogen) atoms. The first-order valence-corrected chi connectivity index (χ1v) is 6.70. The highest BCUT2D eigenvalue weighted by atomic mass is 32.1. The lowest BCUT2D eigenvalue weighted by molar-refractivity contribution is 0.945. The summed E-state index contributed by atoms with van der Waals surface area (Å²) in [6, 6.07) is 7.80. The molecule has 0 spiro atoms. The maximum Gasteiger partial charge on any atom is 0.154 e. The molecular formula is C13H11N5S. The zero-order valence-corrected chi connectivity index (χ0v) is 11.4. The van der Waals surface area contributed by atoms with E-state index < -0.39 is 0 Å². The van der Waals surface area contributed by atoms with Gasteiger partial charge in [0.05, 0.1) is 16.8 Å². The fraction of sp³-hybridized carbons (Fsp3) is 0.231. The second-order valence-corrected chi connectivity index (χ2v) is 4.94. The van der Waals surface area contributed by atoms with Crippen molar-refractivity contribution in [3.8, 4) is 16.8 Å². The number of hydrogen-bond acceptors (Lipinski definition) is 5. The van der Waals surface area contributed by atoms with Crippen LogP contribution in [0.25, 0.3) is 21.7 Å². The highest BCUT2D eigenvalue weighted by molar-refractivity contribution is 7.09. The quantitative estimate of drug-likeness (QED) is 0.717. The third-order valence-electron chi connectivity index (χ3n) is 3.13. The number of hydrogen-bond donors (Lipinski definition) is 0. The van der Waals surface area contributed by atoms with Gasteiger partial charge in [-0.1, -0.05) is 17.5 Å². The summed E-state index contributed by atoms with van der Waals surface area (Å²) in [5.74, 6) is 0.824. The third-order valence-corrected chi connectivity index (χ3v) is 3.89. The Kier molecular flexibility index (Phi) is 2.76. The van der Waals surface area contributed by atoms with E-state index in [0.29, 0.717) is 5.56 Å². The summed E-state index contributed by atoms with van der Waals surface area (Å²) in [5.41, 5.74) is 3.22. The maximum absolute atomic E-state index is 9.15. The Bertz CT molecular complexity index is 793. The van der Waals surface area contributed by atoms with Crippen LogP contribution in [0.5, 0.6) is 0 Å². The second-order valence-electron chi connectivity index (χ2n) is 4.18. The van der Waals surface area contributed by atoms with Crippen LogP contribution in [-0.2, 0) is 13.5 Å². The van der Waals surface area contributed by atoms with Crippen molar-refractivity contribution < 1.29 is 0 Å². The largest absolute Gasteiger partial charge is 0.326 e. The lowest BCUT2D eigenvalue weighted by Gasteiger charge is -2.00. The van der Waals surface area contributed by atoms with Gasteiger partial charge in [0.25, 0.3) is 0 Å². The fourth-order valence-electron chi connectivity index (χ4n) is 2.12. The summed E-state index contributed by atoms with van der Waals surface area (Å²) in [4.78, 5) is 5.58. The minimum absolute atomic E-state index is 0.592. The molecule has 0 aliphatic rings. The Morgan fingerprint density at radius 3 is 3.00 bits per heavy atom. The molecule has 0 saturated heterocycles. The first kappa shape index (κ1) is 11.8. The number of aryl methyl sites for hydroxylation is 2. The molecule has 0 unspecified atom stereocenters. The summed E-state index contributed by atoms with van der Waals surface area (Å²) in [6.45, 7) is 2.05. The lowest BCUT2D eigenvalue weighted by Crippen LogP contribution is -1.93. The number of aromatic nitrogens is 4. The van der Waals surface area contributed by atoms with Gasteiger partial charge >= 0.3 is 0 Å². The van der Waals surface area contributed by atoms with Gasteiger partial charge < -0.3 is 4.57 Å². The van der Waals surface area contributed by atoms with Crippen molar-refractivity contribution in [1.82, 2.24) is 19.1 Å². The fourth-order valence-corrected chi connectivity index (χ4v) is 2.89. The average Bonchev–Trinajstić information content (AvgIpc) is 3.03. The lowest BCUT2D eigenvalue weighted by atomic mass is 10.2. The van der Waals surface area contributed by atoms with E-state index in [2.05, 4.69) is 20.6 Å². The van der Waals surface area contributed by atoms with Gasteiger partial charge in [-0.15, -0.1) is 5.10 Å². The van der Waals surface area contributed by atoms with Gasteiger partial charge in [0.2, 0.25) is 0 Å². The SMILES string of the molecule is CCc1nnsc1-c1nc2c(C#N)cccc2n1C. The number of benzene rings is 1. The van der Waals surface area contributed by atoms with Crippen LogP contribution in [0.2, 0.25) is 0 Å². The van der Waals surface area contributed by atoms with Crippen LogP contribution in [-0.4, -0.2) is 19.1 Å². The molecule has 5 nitrogen and oxygen atoms in total. The highest BCUT2D eigenvalue weighted by Gasteiger charge is 2.17. The molecule has 94 valence electrons. The standard InChI is InChI=1S/C13H11N5S/c1-3-9-12(19-17-16-9)13-15-11-8(7-14)5-4-6-10(11)18(13)2/h4-6H,3H2,1-2H3. The molecule has 3 aromatic rings. The number of nitriles is 1. The molecule has 0 fully saturated rings. The molecule has 0 radical (unpaired) electrons. The van der Waals surface area contributed by atoms with Crippen molar-refractivity contribution in [2.24, 2.45) is 7.05 Å². The predicted molar refractivity (Wildman–Crippen MR) is 73.7 cm³/mol. The van der Waals surface area contributed by atoms with Gasteiger partial charge in [-0.25, -0.2) is 4.98 Å². The molecule has 2 aromatic heterocycles. The van der Waals surface area contributed by atoms with Crippen LogP contribution >= 0.6 is 11.5 Å². The first-order chi connectivity index (χ1) is 9.26. The second kappa shape index (κ2) is 4.44. The topological polar surface area (TPSA) is 67.4 Å². The highest BCUT2D eigenvalue weighted by Crippen LogP contribution is 2.29. The molecule has 0 aliphatic heterocycles. The van der Waals surface area contributed by atoms with Gasteiger partial charge in [0, 0.05) is 7.05 Å². The van der Waals surface area contributed by atoms with Gasteiger partial charge in [-0.3, -0.25) is 0 Å². The zero-order chi connectivity index (χ0) is 13.4. The van der Waals surface area contributed by atoms with Crippen LogP contribution in [0.1, 0.15) is 18.2 Å². The van der Waals surface area contributed by atoms with Crippen LogP contribution in [0.4, 0.5) is 0 Å². The Morgan fingerprint density at radius 1 is 1.42 bits per heavy atom. The van der Waals surface area contributed by atoms with E-state index in [-0.39, 0.29) is 0 Å². The van der Waals surface area contributed by atoms with Crippen molar-refractivity contribution in [3.63, 3.8) is 0 Å². The molecule has 3 rings (SSSR count). The zero-order valence-electron chi connectivity index (χ0n) is 10.6. The molecule has 0 N–H and O–H groups in total. The van der Waals surface area contributed by atoms with E-state index >= 15 is 0 Å². The Labute approximate surface area is 114 Å². The van der Waals surface area contributed by atoms with Crippen LogP contribution in [0, 0.1) is 11.3 Å². The Hall–Kier alpha value is -2.26. The molecule has 0 atom stereocenters. The predicted octanol–water partition coefficient (Wildman–Crippen LogP) is 2.53.